The van der Waals surface area contributed by atoms with E-state index in [0.717, 1.165) is 23.1 Å². The summed E-state index contributed by atoms with van der Waals surface area (Å²) < 4.78 is 0. The molecule has 2 aromatic heterocycles. The van der Waals surface area contributed by atoms with Gasteiger partial charge in [0.2, 0.25) is 0 Å². The molecule has 2 heterocycles. The largest absolute Gasteiger partial charge is 0.346 e. The average Bonchev–Trinajstić information content (AvgIpc) is 3.13. The molecular formula is C21H17Cl2N3. The molecule has 0 spiro atoms. The second kappa shape index (κ2) is 7.50. The lowest BCUT2D eigenvalue weighted by molar-refractivity contribution is 0.694. The van der Waals surface area contributed by atoms with Crippen molar-refractivity contribution in [3.8, 4) is 11.1 Å². The van der Waals surface area contributed by atoms with Gasteiger partial charge in [-0.1, -0.05) is 53.5 Å². The molecule has 0 atom stereocenters. The molecule has 0 amide bonds. The van der Waals surface area contributed by atoms with Crippen molar-refractivity contribution in [3.05, 3.63) is 88.2 Å². The Morgan fingerprint density at radius 1 is 0.885 bits per heavy atom. The van der Waals surface area contributed by atoms with Gasteiger partial charge in [0, 0.05) is 46.5 Å². The highest BCUT2D eigenvalue weighted by molar-refractivity contribution is 6.35. The number of halogens is 2. The van der Waals surface area contributed by atoms with E-state index in [2.05, 4.69) is 45.6 Å². The lowest BCUT2D eigenvalue weighted by Crippen LogP contribution is -2.13. The first-order valence-electron chi connectivity index (χ1n) is 8.37. The van der Waals surface area contributed by atoms with E-state index in [9.17, 15) is 0 Å². The second-order valence-electron chi connectivity index (χ2n) is 6.10. The van der Waals surface area contributed by atoms with E-state index in [1.54, 1.807) is 0 Å². The molecule has 3 nitrogen and oxygen atoms in total. The third-order valence-corrected chi connectivity index (χ3v) is 5.13. The molecule has 0 aliphatic heterocycles. The number of nitrogens with zero attached hydrogens (tertiary/aromatic N) is 1. The minimum Gasteiger partial charge on any atom is -0.346 e. The number of pyridine rings is 1. The van der Waals surface area contributed by atoms with E-state index >= 15 is 0 Å². The molecule has 26 heavy (non-hydrogen) atoms. The Hall–Kier alpha value is -2.33. The van der Waals surface area contributed by atoms with Crippen LogP contribution in [-0.2, 0) is 13.1 Å². The Kier molecular flexibility index (Phi) is 4.93. The summed E-state index contributed by atoms with van der Waals surface area (Å²) >= 11 is 12.4. The fraction of sp³-hybridized carbons (Fsp3) is 0.0952. The van der Waals surface area contributed by atoms with E-state index in [-0.39, 0.29) is 0 Å². The predicted molar refractivity (Wildman–Crippen MR) is 109 cm³/mol. The Morgan fingerprint density at radius 3 is 2.42 bits per heavy atom. The lowest BCUT2D eigenvalue weighted by atomic mass is 10.0. The predicted octanol–water partition coefficient (Wildman–Crippen LogP) is 5.83. The van der Waals surface area contributed by atoms with E-state index < -0.39 is 0 Å². The summed E-state index contributed by atoms with van der Waals surface area (Å²) in [6.45, 7) is 1.38. The molecular weight excluding hydrogens is 365 g/mol. The maximum atomic E-state index is 6.21. The Bertz CT molecular complexity index is 1020. The highest BCUT2D eigenvalue weighted by atomic mass is 35.5. The van der Waals surface area contributed by atoms with Crippen molar-refractivity contribution in [3.63, 3.8) is 0 Å². The number of H-pyrrole nitrogens is 1. The first kappa shape index (κ1) is 17.1. The number of hydrogen-bond acceptors (Lipinski definition) is 2. The highest BCUT2D eigenvalue weighted by Gasteiger charge is 2.07. The molecule has 0 aliphatic rings. The van der Waals surface area contributed by atoms with Gasteiger partial charge in [0.25, 0.3) is 0 Å². The molecule has 0 aliphatic carbocycles. The maximum absolute atomic E-state index is 6.21. The molecule has 0 saturated carbocycles. The molecule has 4 rings (SSSR count). The topological polar surface area (TPSA) is 40.7 Å². The zero-order chi connectivity index (χ0) is 17.9. The number of rotatable bonds is 5. The Labute approximate surface area is 162 Å². The standard InChI is InChI=1S/C21H17Cl2N3/c22-19-2-1-3-20(23)18(19)13-24-12-14-4-6-15(7-5-14)16-8-10-25-21-17(16)9-11-26-21/h1-11,24H,12-13H2,(H,25,26). The normalized spacial score (nSPS) is 11.2. The SMILES string of the molecule is Clc1cccc(Cl)c1CNCc1ccc(-c2ccnc3[nH]ccc23)cc1. The van der Waals surface area contributed by atoms with Crippen LogP contribution in [0.5, 0.6) is 0 Å². The van der Waals surface area contributed by atoms with Crippen LogP contribution in [0.1, 0.15) is 11.1 Å². The fourth-order valence-corrected chi connectivity index (χ4v) is 3.58. The second-order valence-corrected chi connectivity index (χ2v) is 6.91. The minimum atomic E-state index is 0.634. The number of hydrogen-bond donors (Lipinski definition) is 2. The molecule has 0 radical (unpaired) electrons. The molecule has 2 aromatic carbocycles. The van der Waals surface area contributed by atoms with Crippen LogP contribution in [0.4, 0.5) is 0 Å². The molecule has 0 bridgehead atoms. The van der Waals surface area contributed by atoms with E-state index in [0.29, 0.717) is 16.6 Å². The number of benzene rings is 2. The lowest BCUT2D eigenvalue weighted by Gasteiger charge is -2.09. The van der Waals surface area contributed by atoms with Crippen LogP contribution in [0.3, 0.4) is 0 Å². The molecule has 5 heteroatoms. The molecule has 0 fully saturated rings. The number of aromatic amines is 1. The van der Waals surface area contributed by atoms with Gasteiger partial charge in [0.1, 0.15) is 5.65 Å². The van der Waals surface area contributed by atoms with E-state index in [4.69, 9.17) is 23.2 Å². The number of aromatic nitrogens is 2. The smallest absolute Gasteiger partial charge is 0.137 e. The third-order valence-electron chi connectivity index (χ3n) is 4.42. The van der Waals surface area contributed by atoms with Gasteiger partial charge in [0.15, 0.2) is 0 Å². The van der Waals surface area contributed by atoms with Crippen LogP contribution in [0, 0.1) is 0 Å². The zero-order valence-electron chi connectivity index (χ0n) is 14.0. The monoisotopic (exact) mass is 381 g/mol. The summed E-state index contributed by atoms with van der Waals surface area (Å²) in [4.78, 5) is 7.49. The van der Waals surface area contributed by atoms with Crippen LogP contribution in [0.25, 0.3) is 22.2 Å². The van der Waals surface area contributed by atoms with Crippen LogP contribution >= 0.6 is 23.2 Å². The van der Waals surface area contributed by atoms with Crippen molar-refractivity contribution in [1.29, 1.82) is 0 Å². The number of nitrogens with one attached hydrogen (secondary N) is 2. The van der Waals surface area contributed by atoms with Gasteiger partial charge in [-0.15, -0.1) is 0 Å². The van der Waals surface area contributed by atoms with Crippen molar-refractivity contribution in [2.24, 2.45) is 0 Å². The summed E-state index contributed by atoms with van der Waals surface area (Å²) in [5.41, 5.74) is 5.40. The van der Waals surface area contributed by atoms with Crippen LogP contribution in [0.15, 0.2) is 67.0 Å². The first-order valence-corrected chi connectivity index (χ1v) is 9.13. The van der Waals surface area contributed by atoms with Gasteiger partial charge in [-0.25, -0.2) is 4.98 Å². The Morgan fingerprint density at radius 2 is 1.65 bits per heavy atom. The fourth-order valence-electron chi connectivity index (χ4n) is 3.05. The van der Waals surface area contributed by atoms with Crippen LogP contribution in [-0.4, -0.2) is 9.97 Å². The van der Waals surface area contributed by atoms with Gasteiger partial charge in [-0.2, -0.15) is 0 Å². The molecule has 0 unspecified atom stereocenters. The van der Waals surface area contributed by atoms with Gasteiger partial charge < -0.3 is 10.3 Å². The van der Waals surface area contributed by atoms with Gasteiger partial charge in [-0.05, 0) is 41.0 Å². The summed E-state index contributed by atoms with van der Waals surface area (Å²) in [7, 11) is 0. The molecule has 130 valence electrons. The quantitative estimate of drug-likeness (QED) is 0.456. The summed E-state index contributed by atoms with van der Waals surface area (Å²) in [5, 5.41) is 5.91. The molecule has 2 N–H and O–H groups in total. The molecule has 0 saturated heterocycles. The number of fused-ring (bicyclic) bond motifs is 1. The Balaban J connectivity index is 1.46. The van der Waals surface area contributed by atoms with E-state index in [1.807, 2.05) is 36.7 Å². The summed E-state index contributed by atoms with van der Waals surface area (Å²) in [5.74, 6) is 0. The zero-order valence-corrected chi connectivity index (χ0v) is 15.5. The molecule has 4 aromatic rings. The van der Waals surface area contributed by atoms with Crippen molar-refractivity contribution >= 4 is 34.2 Å². The highest BCUT2D eigenvalue weighted by Crippen LogP contribution is 2.27. The van der Waals surface area contributed by atoms with Gasteiger partial charge >= 0.3 is 0 Å². The maximum Gasteiger partial charge on any atom is 0.137 e. The van der Waals surface area contributed by atoms with Crippen molar-refractivity contribution in [2.75, 3.05) is 0 Å². The first-order chi connectivity index (χ1) is 12.7. The average molecular weight is 382 g/mol. The van der Waals surface area contributed by atoms with Crippen molar-refractivity contribution < 1.29 is 0 Å². The van der Waals surface area contributed by atoms with Crippen molar-refractivity contribution in [2.45, 2.75) is 13.1 Å². The summed E-state index contributed by atoms with van der Waals surface area (Å²) in [6.07, 6.45) is 3.75. The van der Waals surface area contributed by atoms with Crippen LogP contribution in [0.2, 0.25) is 10.0 Å². The van der Waals surface area contributed by atoms with Gasteiger partial charge in [0.05, 0.1) is 0 Å². The van der Waals surface area contributed by atoms with Crippen LogP contribution < -0.4 is 5.32 Å². The summed E-state index contributed by atoms with van der Waals surface area (Å²) in [6, 6.07) is 18.2. The van der Waals surface area contributed by atoms with Crippen molar-refractivity contribution in [1.82, 2.24) is 15.3 Å². The minimum absolute atomic E-state index is 0.634. The van der Waals surface area contributed by atoms with E-state index in [1.165, 1.54) is 16.7 Å². The van der Waals surface area contributed by atoms with Gasteiger partial charge in [-0.3, -0.25) is 0 Å². The third kappa shape index (κ3) is 3.47.